The molecule has 0 fully saturated rings. The van der Waals surface area contributed by atoms with Crippen molar-refractivity contribution in [2.45, 2.75) is 32.6 Å². The van der Waals surface area contributed by atoms with E-state index in [0.29, 0.717) is 11.5 Å². The molecular formula is C14H24N4O2. The van der Waals surface area contributed by atoms with Crippen LogP contribution in [0.5, 0.6) is 0 Å². The molecular weight excluding hydrogens is 256 g/mol. The van der Waals surface area contributed by atoms with Gasteiger partial charge >= 0.3 is 5.97 Å². The summed E-state index contributed by atoms with van der Waals surface area (Å²) in [4.78, 5) is 21.7. The zero-order valence-electron chi connectivity index (χ0n) is 12.7. The van der Waals surface area contributed by atoms with Crippen LogP contribution in [0.4, 0.5) is 5.69 Å². The molecule has 6 nitrogen and oxygen atoms in total. The Balaban J connectivity index is 2.63. The highest BCUT2D eigenvalue weighted by Crippen LogP contribution is 2.16. The average Bonchev–Trinajstić information content (AvgIpc) is 2.37. The largest absolute Gasteiger partial charge is 0.476 e. The molecule has 1 heterocycles. The molecule has 0 bridgehead atoms. The molecule has 1 aromatic heterocycles. The molecule has 0 aromatic carbocycles. The molecule has 2 N–H and O–H groups in total. The molecule has 112 valence electrons. The van der Waals surface area contributed by atoms with Gasteiger partial charge in [0, 0.05) is 12.5 Å². The zero-order valence-corrected chi connectivity index (χ0v) is 12.7. The van der Waals surface area contributed by atoms with E-state index in [1.54, 1.807) is 6.20 Å². The summed E-state index contributed by atoms with van der Waals surface area (Å²) in [5.41, 5.74) is 0.545. The maximum absolute atomic E-state index is 11.2. The first-order valence-electron chi connectivity index (χ1n) is 6.90. The highest BCUT2D eigenvalue weighted by molar-refractivity contribution is 5.91. The van der Waals surface area contributed by atoms with Gasteiger partial charge in [0.05, 0.1) is 11.9 Å². The molecule has 6 heteroatoms. The molecule has 0 spiro atoms. The van der Waals surface area contributed by atoms with Gasteiger partial charge in [-0.15, -0.1) is 0 Å². The fraction of sp³-hybridized carbons (Fsp3) is 0.643. The number of nitrogens with zero attached hydrogens (tertiary/aromatic N) is 3. The number of hydrogen-bond donors (Lipinski definition) is 2. The maximum Gasteiger partial charge on any atom is 0.356 e. The molecule has 1 aromatic rings. The van der Waals surface area contributed by atoms with Gasteiger partial charge in [0.2, 0.25) is 0 Å². The van der Waals surface area contributed by atoms with Crippen molar-refractivity contribution >= 4 is 11.7 Å². The summed E-state index contributed by atoms with van der Waals surface area (Å²) in [6.45, 7) is 5.62. The van der Waals surface area contributed by atoms with Gasteiger partial charge in [0.25, 0.3) is 0 Å². The highest BCUT2D eigenvalue weighted by atomic mass is 16.4. The van der Waals surface area contributed by atoms with Crippen LogP contribution in [0, 0.1) is 0 Å². The lowest BCUT2D eigenvalue weighted by atomic mass is 10.2. The van der Waals surface area contributed by atoms with Crippen LogP contribution >= 0.6 is 0 Å². The molecule has 0 saturated carbocycles. The third-order valence-corrected chi connectivity index (χ3v) is 2.87. The van der Waals surface area contributed by atoms with E-state index in [4.69, 9.17) is 0 Å². The van der Waals surface area contributed by atoms with Crippen LogP contribution in [0.3, 0.4) is 0 Å². The Bertz CT molecular complexity index is 447. The predicted molar refractivity (Wildman–Crippen MR) is 79.4 cm³/mol. The number of rotatable bonds is 8. The van der Waals surface area contributed by atoms with Crippen LogP contribution in [0.1, 0.15) is 48.9 Å². The second-order valence-electron chi connectivity index (χ2n) is 5.39. The lowest BCUT2D eigenvalue weighted by Crippen LogP contribution is -2.15. The van der Waals surface area contributed by atoms with Crippen LogP contribution in [-0.2, 0) is 0 Å². The minimum absolute atomic E-state index is 0.0521. The fourth-order valence-corrected chi connectivity index (χ4v) is 1.74. The number of aromatic carboxylic acids is 1. The van der Waals surface area contributed by atoms with E-state index in [1.165, 1.54) is 0 Å². The number of aromatic nitrogens is 2. The smallest absolute Gasteiger partial charge is 0.356 e. The van der Waals surface area contributed by atoms with Crippen LogP contribution in [0.25, 0.3) is 0 Å². The Morgan fingerprint density at radius 2 is 2.10 bits per heavy atom. The summed E-state index contributed by atoms with van der Waals surface area (Å²) in [6, 6.07) is 0. The number of nitrogens with one attached hydrogen (secondary N) is 1. The van der Waals surface area contributed by atoms with E-state index >= 15 is 0 Å². The quantitative estimate of drug-likeness (QED) is 0.710. The zero-order chi connectivity index (χ0) is 15.1. The van der Waals surface area contributed by atoms with Crippen molar-refractivity contribution in [3.63, 3.8) is 0 Å². The minimum Gasteiger partial charge on any atom is -0.476 e. The first-order chi connectivity index (χ1) is 9.41. The predicted octanol–water partition coefficient (Wildman–Crippen LogP) is 2.05. The van der Waals surface area contributed by atoms with Crippen molar-refractivity contribution < 1.29 is 9.90 Å². The summed E-state index contributed by atoms with van der Waals surface area (Å²) < 4.78 is 0. The SMILES string of the molecule is CC(C)c1ncc(NCCCCN(C)C)c(C(=O)O)n1. The van der Waals surface area contributed by atoms with E-state index in [9.17, 15) is 9.90 Å². The molecule has 0 atom stereocenters. The average molecular weight is 280 g/mol. The molecule has 0 radical (unpaired) electrons. The van der Waals surface area contributed by atoms with Gasteiger partial charge in [-0.3, -0.25) is 0 Å². The molecule has 0 saturated heterocycles. The van der Waals surface area contributed by atoms with E-state index in [2.05, 4.69) is 20.2 Å². The molecule has 20 heavy (non-hydrogen) atoms. The molecule has 1 rings (SSSR count). The summed E-state index contributed by atoms with van der Waals surface area (Å²) in [7, 11) is 4.07. The van der Waals surface area contributed by atoms with Crippen LogP contribution < -0.4 is 5.32 Å². The number of unbranched alkanes of at least 4 members (excludes halogenated alkanes) is 1. The van der Waals surface area contributed by atoms with Crippen molar-refractivity contribution in [1.82, 2.24) is 14.9 Å². The third kappa shape index (κ3) is 5.13. The Labute approximate surface area is 120 Å². The van der Waals surface area contributed by atoms with Gasteiger partial charge in [-0.2, -0.15) is 0 Å². The molecule has 0 unspecified atom stereocenters. The van der Waals surface area contributed by atoms with Crippen molar-refractivity contribution in [3.05, 3.63) is 17.7 Å². The number of carboxylic acids is 1. The number of carboxylic acid groups (broad SMARTS) is 1. The normalized spacial score (nSPS) is 11.1. The molecule has 0 aliphatic heterocycles. The Morgan fingerprint density at radius 3 is 2.65 bits per heavy atom. The van der Waals surface area contributed by atoms with E-state index in [-0.39, 0.29) is 11.6 Å². The first-order valence-corrected chi connectivity index (χ1v) is 6.90. The number of carbonyl (C=O) groups is 1. The van der Waals surface area contributed by atoms with Crippen molar-refractivity contribution in [2.75, 3.05) is 32.5 Å². The van der Waals surface area contributed by atoms with Crippen LogP contribution in [0.15, 0.2) is 6.20 Å². The number of anilines is 1. The fourth-order valence-electron chi connectivity index (χ4n) is 1.74. The van der Waals surface area contributed by atoms with E-state index < -0.39 is 5.97 Å². The molecule has 0 aliphatic carbocycles. The summed E-state index contributed by atoms with van der Waals surface area (Å²) in [5, 5.41) is 12.3. The van der Waals surface area contributed by atoms with Crippen LogP contribution in [-0.4, -0.2) is 53.1 Å². The van der Waals surface area contributed by atoms with Gasteiger partial charge < -0.3 is 15.3 Å². The lowest BCUT2D eigenvalue weighted by Gasteiger charge is -2.12. The molecule has 0 aliphatic rings. The van der Waals surface area contributed by atoms with E-state index in [0.717, 1.165) is 25.9 Å². The van der Waals surface area contributed by atoms with Gasteiger partial charge in [-0.25, -0.2) is 14.8 Å². The van der Waals surface area contributed by atoms with Crippen molar-refractivity contribution in [2.24, 2.45) is 0 Å². The van der Waals surface area contributed by atoms with Crippen molar-refractivity contribution in [1.29, 1.82) is 0 Å². The second-order valence-corrected chi connectivity index (χ2v) is 5.39. The summed E-state index contributed by atoms with van der Waals surface area (Å²) in [5.74, 6) is -0.354. The Kier molecular flexibility index (Phi) is 6.38. The monoisotopic (exact) mass is 280 g/mol. The van der Waals surface area contributed by atoms with Crippen LogP contribution in [0.2, 0.25) is 0 Å². The highest BCUT2D eigenvalue weighted by Gasteiger charge is 2.15. The summed E-state index contributed by atoms with van der Waals surface area (Å²) >= 11 is 0. The van der Waals surface area contributed by atoms with E-state index in [1.807, 2.05) is 27.9 Å². The van der Waals surface area contributed by atoms with Gasteiger partial charge in [0.1, 0.15) is 5.82 Å². The van der Waals surface area contributed by atoms with Crippen molar-refractivity contribution in [3.8, 4) is 0 Å². The second kappa shape index (κ2) is 7.79. The lowest BCUT2D eigenvalue weighted by molar-refractivity contribution is 0.0691. The number of hydrogen-bond acceptors (Lipinski definition) is 5. The van der Waals surface area contributed by atoms with Gasteiger partial charge in [-0.05, 0) is 33.5 Å². The molecule has 0 amide bonds. The van der Waals surface area contributed by atoms with Gasteiger partial charge in [-0.1, -0.05) is 13.8 Å². The van der Waals surface area contributed by atoms with Gasteiger partial charge in [0.15, 0.2) is 5.69 Å². The minimum atomic E-state index is -1.02. The summed E-state index contributed by atoms with van der Waals surface area (Å²) in [6.07, 6.45) is 3.61. The Hall–Kier alpha value is -1.69. The standard InChI is InChI=1S/C14H24N4O2/c1-10(2)13-16-9-11(12(17-13)14(19)20)15-7-5-6-8-18(3)4/h9-10,15H,5-8H2,1-4H3,(H,19,20). The topological polar surface area (TPSA) is 78.4 Å². The first kappa shape index (κ1) is 16.4. The maximum atomic E-state index is 11.2. The third-order valence-electron chi connectivity index (χ3n) is 2.87. The Morgan fingerprint density at radius 1 is 1.40 bits per heavy atom.